The lowest BCUT2D eigenvalue weighted by molar-refractivity contribution is -0.122. The van der Waals surface area contributed by atoms with Crippen molar-refractivity contribution in [3.63, 3.8) is 0 Å². The van der Waals surface area contributed by atoms with Gasteiger partial charge in [-0.3, -0.25) is 9.59 Å². The van der Waals surface area contributed by atoms with E-state index in [4.69, 9.17) is 18.9 Å². The van der Waals surface area contributed by atoms with Gasteiger partial charge in [0.25, 0.3) is 0 Å². The van der Waals surface area contributed by atoms with Crippen molar-refractivity contribution in [2.24, 2.45) is 0 Å². The third-order valence-corrected chi connectivity index (χ3v) is 3.77. The third-order valence-electron chi connectivity index (χ3n) is 3.77. The number of hydrogen-bond donors (Lipinski definition) is 2. The molecule has 30 heavy (non-hydrogen) atoms. The molecule has 0 aromatic carbocycles. The lowest BCUT2D eigenvalue weighted by atomic mass is 10.2. The molecule has 0 aromatic rings. The van der Waals surface area contributed by atoms with Gasteiger partial charge in [0.2, 0.25) is 11.8 Å². The van der Waals surface area contributed by atoms with E-state index in [1.54, 1.807) is 0 Å². The molecule has 0 aromatic heterocycles. The van der Waals surface area contributed by atoms with Crippen LogP contribution in [0.25, 0.3) is 0 Å². The molecule has 0 spiro atoms. The van der Waals surface area contributed by atoms with Gasteiger partial charge in [0.15, 0.2) is 0 Å². The number of hydrogen-bond acceptors (Lipinski definition) is 6. The molecule has 0 aliphatic heterocycles. The van der Waals surface area contributed by atoms with E-state index in [9.17, 15) is 9.59 Å². The van der Waals surface area contributed by atoms with E-state index >= 15 is 0 Å². The lowest BCUT2D eigenvalue weighted by Gasteiger charge is -2.08. The summed E-state index contributed by atoms with van der Waals surface area (Å²) in [6.07, 6.45) is 4.99. The van der Waals surface area contributed by atoms with Crippen molar-refractivity contribution in [2.75, 3.05) is 65.9 Å². The predicted octanol–water partition coefficient (Wildman–Crippen LogP) is 2.69. The van der Waals surface area contributed by atoms with Crippen molar-refractivity contribution < 1.29 is 28.5 Å². The largest absolute Gasteiger partial charge is 0.379 e. The second kappa shape index (κ2) is 27.8. The van der Waals surface area contributed by atoms with Crippen LogP contribution in [0, 0.1) is 0 Å². The van der Waals surface area contributed by atoms with Crippen LogP contribution >= 0.6 is 0 Å². The number of unbranched alkanes of at least 4 members (excludes halogenated alkanes) is 2. The van der Waals surface area contributed by atoms with Crippen molar-refractivity contribution in [2.45, 2.75) is 66.2 Å². The summed E-state index contributed by atoms with van der Waals surface area (Å²) in [7, 11) is 0. The maximum Gasteiger partial charge on any atom is 0.222 e. The zero-order chi connectivity index (χ0) is 22.7. The first-order valence-electron chi connectivity index (χ1n) is 11.5. The number of nitrogens with one attached hydrogen (secondary N) is 2. The second-order valence-electron chi connectivity index (χ2n) is 6.36. The molecular weight excluding hydrogens is 388 g/mol. The Morgan fingerprint density at radius 3 is 1.53 bits per heavy atom. The summed E-state index contributed by atoms with van der Waals surface area (Å²) in [5, 5.41) is 5.66. The Bertz CT molecular complexity index is 370. The highest BCUT2D eigenvalue weighted by Gasteiger charge is 2.00. The van der Waals surface area contributed by atoms with Gasteiger partial charge in [-0.15, -0.1) is 0 Å². The first-order valence-corrected chi connectivity index (χ1v) is 11.5. The van der Waals surface area contributed by atoms with Gasteiger partial charge in [0, 0.05) is 25.9 Å². The van der Waals surface area contributed by atoms with Crippen LogP contribution in [0.3, 0.4) is 0 Å². The van der Waals surface area contributed by atoms with Gasteiger partial charge in [0.1, 0.15) is 0 Å². The number of amides is 2. The highest BCUT2D eigenvalue weighted by molar-refractivity contribution is 5.76. The molecular formula is C22H46N2O6. The van der Waals surface area contributed by atoms with E-state index in [1.165, 1.54) is 0 Å². The van der Waals surface area contributed by atoms with Crippen LogP contribution in [-0.4, -0.2) is 77.8 Å². The summed E-state index contributed by atoms with van der Waals surface area (Å²) in [4.78, 5) is 22.8. The Hall–Kier alpha value is -1.22. The monoisotopic (exact) mass is 434 g/mol. The molecule has 8 heteroatoms. The molecule has 0 aliphatic carbocycles. The molecule has 0 aliphatic rings. The summed E-state index contributed by atoms with van der Waals surface area (Å²) in [5.74, 6) is 0.113. The molecule has 0 atom stereocenters. The molecule has 0 heterocycles. The molecule has 0 rings (SSSR count). The van der Waals surface area contributed by atoms with Gasteiger partial charge >= 0.3 is 0 Å². The molecule has 0 fully saturated rings. The average molecular weight is 435 g/mol. The third kappa shape index (κ3) is 26.8. The van der Waals surface area contributed by atoms with E-state index in [-0.39, 0.29) is 11.8 Å². The predicted molar refractivity (Wildman–Crippen MR) is 120 cm³/mol. The minimum atomic E-state index is 0.0314. The van der Waals surface area contributed by atoms with Crippen molar-refractivity contribution in [1.82, 2.24) is 10.6 Å². The maximum atomic E-state index is 11.4. The lowest BCUT2D eigenvalue weighted by Crippen LogP contribution is -2.27. The smallest absolute Gasteiger partial charge is 0.222 e. The molecule has 180 valence electrons. The summed E-state index contributed by atoms with van der Waals surface area (Å²) in [6, 6.07) is 0. The van der Waals surface area contributed by atoms with Crippen LogP contribution in [0.1, 0.15) is 66.2 Å². The Balaban J connectivity index is 0. The SMILES string of the molecule is CC.CCCCNC(=O)CCOCCOCCOCCOCCNC(=O)CCCC. The van der Waals surface area contributed by atoms with Crippen LogP contribution in [0.5, 0.6) is 0 Å². The Morgan fingerprint density at radius 2 is 1.00 bits per heavy atom. The fourth-order valence-corrected chi connectivity index (χ4v) is 2.11. The molecule has 0 bridgehead atoms. The summed E-state index contributed by atoms with van der Waals surface area (Å²) in [5.41, 5.74) is 0. The number of rotatable bonds is 21. The zero-order valence-corrected chi connectivity index (χ0v) is 19.8. The molecule has 0 unspecified atom stereocenters. The maximum absolute atomic E-state index is 11.4. The van der Waals surface area contributed by atoms with Gasteiger partial charge in [-0.1, -0.05) is 40.5 Å². The van der Waals surface area contributed by atoms with Crippen molar-refractivity contribution in [3.8, 4) is 0 Å². The molecule has 0 saturated heterocycles. The number of carbonyl (C=O) groups is 2. The number of carbonyl (C=O) groups excluding carboxylic acids is 2. The van der Waals surface area contributed by atoms with Crippen molar-refractivity contribution in [3.05, 3.63) is 0 Å². The fraction of sp³-hybridized carbons (Fsp3) is 0.909. The standard InChI is InChI=1S/C20H40N2O6.C2H6/c1-3-5-7-19(23)22-10-12-26-14-16-28-18-17-27-15-13-25-11-8-20(24)21-9-6-4-2;1-2/h3-18H2,1-2H3,(H,21,24)(H,22,23);1-2H3. The van der Waals surface area contributed by atoms with Crippen LogP contribution in [0.15, 0.2) is 0 Å². The van der Waals surface area contributed by atoms with Gasteiger partial charge in [-0.25, -0.2) is 0 Å². The van der Waals surface area contributed by atoms with Gasteiger partial charge < -0.3 is 29.6 Å². The highest BCUT2D eigenvalue weighted by atomic mass is 16.6. The van der Waals surface area contributed by atoms with E-state index in [2.05, 4.69) is 24.5 Å². The molecule has 2 amide bonds. The Labute approximate surface area is 183 Å². The van der Waals surface area contributed by atoms with E-state index in [0.29, 0.717) is 72.2 Å². The molecule has 2 N–H and O–H groups in total. The first-order chi connectivity index (χ1) is 14.7. The molecule has 0 saturated carbocycles. The first kappa shape index (κ1) is 31.0. The Morgan fingerprint density at radius 1 is 0.567 bits per heavy atom. The van der Waals surface area contributed by atoms with Crippen LogP contribution < -0.4 is 10.6 Å². The quantitative estimate of drug-likeness (QED) is 0.270. The van der Waals surface area contributed by atoms with E-state index in [0.717, 1.165) is 32.2 Å². The summed E-state index contributed by atoms with van der Waals surface area (Å²) in [6.45, 7) is 13.3. The van der Waals surface area contributed by atoms with Crippen LogP contribution in [-0.2, 0) is 28.5 Å². The minimum absolute atomic E-state index is 0.0314. The van der Waals surface area contributed by atoms with Gasteiger partial charge in [-0.05, 0) is 12.8 Å². The van der Waals surface area contributed by atoms with E-state index < -0.39 is 0 Å². The molecule has 0 radical (unpaired) electrons. The van der Waals surface area contributed by atoms with Crippen molar-refractivity contribution >= 4 is 11.8 Å². The van der Waals surface area contributed by atoms with Gasteiger partial charge in [-0.2, -0.15) is 0 Å². The second-order valence-corrected chi connectivity index (χ2v) is 6.36. The number of ether oxygens (including phenoxy) is 4. The topological polar surface area (TPSA) is 95.1 Å². The highest BCUT2D eigenvalue weighted by Crippen LogP contribution is 1.92. The van der Waals surface area contributed by atoms with Crippen LogP contribution in [0.2, 0.25) is 0 Å². The average Bonchev–Trinajstić information content (AvgIpc) is 2.76. The van der Waals surface area contributed by atoms with Crippen LogP contribution in [0.4, 0.5) is 0 Å². The van der Waals surface area contributed by atoms with Crippen molar-refractivity contribution in [1.29, 1.82) is 0 Å². The van der Waals surface area contributed by atoms with Gasteiger partial charge in [0.05, 0.1) is 52.9 Å². The summed E-state index contributed by atoms with van der Waals surface area (Å²) < 4.78 is 21.5. The van der Waals surface area contributed by atoms with E-state index in [1.807, 2.05) is 13.8 Å². The normalized spacial score (nSPS) is 10.3. The zero-order valence-electron chi connectivity index (χ0n) is 19.8. The summed E-state index contributed by atoms with van der Waals surface area (Å²) >= 11 is 0. The minimum Gasteiger partial charge on any atom is -0.379 e. The fourth-order valence-electron chi connectivity index (χ4n) is 2.11. The molecule has 8 nitrogen and oxygen atoms in total. The Kier molecular flexibility index (Phi) is 28.7.